The van der Waals surface area contributed by atoms with Gasteiger partial charge in [0.15, 0.2) is 11.5 Å². The number of nitrogens with zero attached hydrogens (tertiary/aromatic N) is 1. The van der Waals surface area contributed by atoms with Crippen LogP contribution in [0, 0.1) is 11.8 Å². The van der Waals surface area contributed by atoms with E-state index in [2.05, 4.69) is 5.32 Å². The molecule has 1 aliphatic heterocycles. The molecule has 2 atom stereocenters. The maximum atomic E-state index is 13.1. The third kappa shape index (κ3) is 5.13. The number of amides is 2. The number of carbonyl (C=O) groups excluding carboxylic acids is 2. The number of nitrogens with one attached hydrogen (secondary N) is 1. The monoisotopic (exact) mass is 444 g/mol. The Morgan fingerprint density at radius 3 is 2.42 bits per heavy atom. The van der Waals surface area contributed by atoms with E-state index in [0.717, 1.165) is 5.56 Å². The smallest absolute Gasteiger partial charge is 0.253 e. The molecule has 0 unspecified atom stereocenters. The normalized spacial score (nSPS) is 18.2. The lowest BCUT2D eigenvalue weighted by molar-refractivity contribution is -0.125. The minimum absolute atomic E-state index is 0.0602. The van der Waals surface area contributed by atoms with Crippen molar-refractivity contribution in [2.45, 2.75) is 19.8 Å². The molecular weight excluding hydrogens is 416 g/mol. The minimum atomic E-state index is -0.393. The number of rotatable bonds is 7. The van der Waals surface area contributed by atoms with Crippen LogP contribution in [0.5, 0.6) is 11.5 Å². The van der Waals surface area contributed by atoms with Crippen molar-refractivity contribution >= 4 is 23.4 Å². The summed E-state index contributed by atoms with van der Waals surface area (Å²) < 4.78 is 11.1. The van der Waals surface area contributed by atoms with E-state index in [1.54, 1.807) is 43.4 Å². The van der Waals surface area contributed by atoms with Gasteiger partial charge < -0.3 is 19.7 Å². The van der Waals surface area contributed by atoms with Crippen LogP contribution in [-0.4, -0.2) is 50.6 Å². The third-order valence-corrected chi connectivity index (χ3v) is 5.80. The summed E-state index contributed by atoms with van der Waals surface area (Å²) in [5.74, 6) is 0.741. The number of halogens is 1. The number of methoxy groups -OCH3 is 2. The quantitative estimate of drug-likeness (QED) is 0.701. The van der Waals surface area contributed by atoms with E-state index in [1.165, 1.54) is 0 Å². The van der Waals surface area contributed by atoms with Crippen molar-refractivity contribution in [3.8, 4) is 11.5 Å². The lowest BCUT2D eigenvalue weighted by atomic mass is 9.87. The van der Waals surface area contributed by atoms with Gasteiger partial charge in [0.2, 0.25) is 5.91 Å². The number of para-hydroxylation sites is 1. The van der Waals surface area contributed by atoms with Crippen molar-refractivity contribution in [3.63, 3.8) is 0 Å². The average Bonchev–Trinajstić information content (AvgIpc) is 3.22. The first kappa shape index (κ1) is 22.9. The van der Waals surface area contributed by atoms with E-state index in [4.69, 9.17) is 21.1 Å². The van der Waals surface area contributed by atoms with E-state index >= 15 is 0 Å². The largest absolute Gasteiger partial charge is 0.493 e. The molecule has 2 aromatic carbocycles. The van der Waals surface area contributed by atoms with E-state index in [1.807, 2.05) is 32.0 Å². The molecule has 0 aromatic heterocycles. The highest BCUT2D eigenvalue weighted by Gasteiger charge is 2.42. The minimum Gasteiger partial charge on any atom is -0.493 e. The van der Waals surface area contributed by atoms with E-state index in [9.17, 15) is 9.59 Å². The van der Waals surface area contributed by atoms with Gasteiger partial charge >= 0.3 is 0 Å². The summed E-state index contributed by atoms with van der Waals surface area (Å²) in [6, 6.07) is 12.4. The summed E-state index contributed by atoms with van der Waals surface area (Å²) in [4.78, 5) is 28.0. The Morgan fingerprint density at radius 2 is 1.81 bits per heavy atom. The van der Waals surface area contributed by atoms with E-state index < -0.39 is 5.92 Å². The maximum Gasteiger partial charge on any atom is 0.253 e. The van der Waals surface area contributed by atoms with E-state index in [0.29, 0.717) is 47.6 Å². The zero-order valence-electron chi connectivity index (χ0n) is 18.4. The molecule has 0 radical (unpaired) electrons. The first-order valence-electron chi connectivity index (χ1n) is 10.4. The summed E-state index contributed by atoms with van der Waals surface area (Å²) in [7, 11) is 3.17. The Labute approximate surface area is 188 Å². The highest BCUT2D eigenvalue weighted by atomic mass is 35.5. The van der Waals surface area contributed by atoms with Crippen molar-refractivity contribution in [2.24, 2.45) is 11.8 Å². The van der Waals surface area contributed by atoms with Crippen molar-refractivity contribution < 1.29 is 19.1 Å². The number of ether oxygens (including phenoxy) is 2. The van der Waals surface area contributed by atoms with Crippen molar-refractivity contribution in [2.75, 3.05) is 33.9 Å². The summed E-state index contributed by atoms with van der Waals surface area (Å²) in [5.41, 5.74) is 1.40. The van der Waals surface area contributed by atoms with Gasteiger partial charge in [-0.1, -0.05) is 37.6 Å². The van der Waals surface area contributed by atoms with E-state index in [-0.39, 0.29) is 17.7 Å². The molecule has 166 valence electrons. The molecule has 3 rings (SSSR count). The van der Waals surface area contributed by atoms with Gasteiger partial charge in [0, 0.05) is 41.7 Å². The SMILES string of the molecule is COc1cccc([C@H]2CN(C(=O)c3ccc(Cl)cc3)C[C@H]2C(=O)NCC(C)C)c1OC. The fraction of sp³-hybridized carbons (Fsp3) is 0.417. The predicted molar refractivity (Wildman–Crippen MR) is 121 cm³/mol. The Balaban J connectivity index is 1.93. The molecule has 0 aliphatic carbocycles. The molecule has 1 aliphatic rings. The molecule has 1 fully saturated rings. The molecule has 7 heteroatoms. The second kappa shape index (κ2) is 10.1. The Hall–Kier alpha value is -2.73. The van der Waals surface area contributed by atoms with Gasteiger partial charge in [-0.25, -0.2) is 0 Å². The van der Waals surface area contributed by atoms with Crippen molar-refractivity contribution in [1.29, 1.82) is 0 Å². The first-order valence-corrected chi connectivity index (χ1v) is 10.8. The van der Waals surface area contributed by atoms with Crippen LogP contribution in [0.3, 0.4) is 0 Å². The molecule has 6 nitrogen and oxygen atoms in total. The molecule has 0 bridgehead atoms. The van der Waals surface area contributed by atoms with Crippen molar-refractivity contribution in [1.82, 2.24) is 10.2 Å². The maximum absolute atomic E-state index is 13.1. The topological polar surface area (TPSA) is 67.9 Å². The fourth-order valence-corrected chi connectivity index (χ4v) is 4.09. The van der Waals surface area contributed by atoms with Gasteiger partial charge in [-0.3, -0.25) is 9.59 Å². The average molecular weight is 445 g/mol. The third-order valence-electron chi connectivity index (χ3n) is 5.55. The summed E-state index contributed by atoms with van der Waals surface area (Å²) in [5, 5.41) is 3.60. The van der Waals surface area contributed by atoms with Gasteiger partial charge in [0.05, 0.1) is 20.1 Å². The number of benzene rings is 2. The Morgan fingerprint density at radius 1 is 1.10 bits per heavy atom. The van der Waals surface area contributed by atoms with Crippen LogP contribution in [0.1, 0.15) is 35.7 Å². The zero-order chi connectivity index (χ0) is 22.5. The van der Waals surface area contributed by atoms with Crippen molar-refractivity contribution in [3.05, 3.63) is 58.6 Å². The number of carbonyl (C=O) groups is 2. The van der Waals surface area contributed by atoms with Gasteiger partial charge in [-0.2, -0.15) is 0 Å². The number of hydrogen-bond acceptors (Lipinski definition) is 4. The fourth-order valence-electron chi connectivity index (χ4n) is 3.97. The highest BCUT2D eigenvalue weighted by Crippen LogP contribution is 2.42. The molecule has 1 saturated heterocycles. The van der Waals surface area contributed by atoms with Gasteiger partial charge in [-0.15, -0.1) is 0 Å². The zero-order valence-corrected chi connectivity index (χ0v) is 19.1. The molecule has 0 saturated carbocycles. The molecule has 0 spiro atoms. The molecule has 2 amide bonds. The second-order valence-corrected chi connectivity index (χ2v) is 8.59. The molecule has 1 N–H and O–H groups in total. The van der Waals surface area contributed by atoms with Crippen LogP contribution in [0.2, 0.25) is 5.02 Å². The Bertz CT molecular complexity index is 930. The van der Waals surface area contributed by atoms with Crippen LogP contribution >= 0.6 is 11.6 Å². The first-order chi connectivity index (χ1) is 14.8. The highest BCUT2D eigenvalue weighted by molar-refractivity contribution is 6.30. The number of likely N-dealkylation sites (tertiary alicyclic amines) is 1. The standard InChI is InChI=1S/C24H29ClN2O4/c1-15(2)12-26-23(28)20-14-27(24(29)16-8-10-17(25)11-9-16)13-19(20)18-6-5-7-21(30-3)22(18)31-4/h5-11,15,19-20H,12-14H2,1-4H3,(H,26,28)/t19-,20-/m1/s1. The lowest BCUT2D eigenvalue weighted by Crippen LogP contribution is -2.37. The van der Waals surface area contributed by atoms with Gasteiger partial charge in [-0.05, 0) is 36.2 Å². The molecular formula is C24H29ClN2O4. The summed E-state index contributed by atoms with van der Waals surface area (Å²) >= 11 is 5.96. The van der Waals surface area contributed by atoms with Crippen LogP contribution < -0.4 is 14.8 Å². The van der Waals surface area contributed by atoms with Crippen LogP contribution in [0.15, 0.2) is 42.5 Å². The molecule has 31 heavy (non-hydrogen) atoms. The van der Waals surface area contributed by atoms with Gasteiger partial charge in [0.1, 0.15) is 0 Å². The summed E-state index contributed by atoms with van der Waals surface area (Å²) in [6.07, 6.45) is 0. The number of hydrogen-bond donors (Lipinski definition) is 1. The molecule has 2 aromatic rings. The van der Waals surface area contributed by atoms with Crippen LogP contribution in [0.4, 0.5) is 0 Å². The summed E-state index contributed by atoms with van der Waals surface area (Å²) in [6.45, 7) is 5.42. The lowest BCUT2D eigenvalue weighted by Gasteiger charge is -2.22. The van der Waals surface area contributed by atoms with Crippen LogP contribution in [-0.2, 0) is 4.79 Å². The Kier molecular flexibility index (Phi) is 7.44. The molecule has 1 heterocycles. The predicted octanol–water partition coefficient (Wildman–Crippen LogP) is 3.99. The van der Waals surface area contributed by atoms with Gasteiger partial charge in [0.25, 0.3) is 5.91 Å². The van der Waals surface area contributed by atoms with Crippen LogP contribution in [0.25, 0.3) is 0 Å². The second-order valence-electron chi connectivity index (χ2n) is 8.15.